The molecule has 17 heavy (non-hydrogen) atoms. The van der Waals surface area contributed by atoms with E-state index in [2.05, 4.69) is 21.2 Å². The van der Waals surface area contributed by atoms with Crippen molar-refractivity contribution in [2.45, 2.75) is 25.8 Å². The predicted molar refractivity (Wildman–Crippen MR) is 67.9 cm³/mol. The Morgan fingerprint density at radius 1 is 1.35 bits per heavy atom. The van der Waals surface area contributed by atoms with Gasteiger partial charge in [-0.15, -0.1) is 0 Å². The van der Waals surface area contributed by atoms with Crippen LogP contribution in [0.15, 0.2) is 28.7 Å². The highest BCUT2D eigenvalue weighted by Gasteiger charge is 2.32. The first kappa shape index (κ1) is 13.7. The minimum atomic E-state index is -1.23. The highest BCUT2D eigenvalue weighted by atomic mass is 79.9. The monoisotopic (exact) mass is 299 g/mol. The average molecular weight is 300 g/mol. The van der Waals surface area contributed by atoms with Crippen molar-refractivity contribution in [1.82, 2.24) is 5.32 Å². The molecule has 4 nitrogen and oxygen atoms in total. The molecule has 0 fully saturated rings. The summed E-state index contributed by atoms with van der Waals surface area (Å²) >= 11 is 3.27. The summed E-state index contributed by atoms with van der Waals surface area (Å²) in [6.07, 6.45) is 0.324. The molecule has 5 heteroatoms. The third kappa shape index (κ3) is 3.30. The molecule has 0 aliphatic heterocycles. The predicted octanol–water partition coefficient (Wildman–Crippen LogP) is 2.43. The molecule has 1 aromatic carbocycles. The second-order valence-corrected chi connectivity index (χ2v) is 4.87. The second-order valence-electron chi connectivity index (χ2n) is 3.95. The first-order valence-corrected chi connectivity index (χ1v) is 6.00. The Kier molecular flexibility index (Phi) is 4.28. The Balaban J connectivity index is 2.85. The fourth-order valence-electron chi connectivity index (χ4n) is 1.22. The van der Waals surface area contributed by atoms with Gasteiger partial charge in [0, 0.05) is 10.0 Å². The lowest BCUT2D eigenvalue weighted by atomic mass is 9.98. The number of hydrogen-bond donors (Lipinski definition) is 2. The lowest BCUT2D eigenvalue weighted by Gasteiger charge is -2.24. The average Bonchev–Trinajstić information content (AvgIpc) is 2.29. The highest BCUT2D eigenvalue weighted by molar-refractivity contribution is 9.10. The highest BCUT2D eigenvalue weighted by Crippen LogP contribution is 2.13. The van der Waals surface area contributed by atoms with E-state index in [1.807, 2.05) is 0 Å². The van der Waals surface area contributed by atoms with Crippen LogP contribution in [0, 0.1) is 0 Å². The van der Waals surface area contributed by atoms with E-state index in [4.69, 9.17) is 5.11 Å². The number of hydrogen-bond acceptors (Lipinski definition) is 2. The van der Waals surface area contributed by atoms with Crippen LogP contribution in [-0.2, 0) is 4.79 Å². The van der Waals surface area contributed by atoms with E-state index in [0.29, 0.717) is 12.0 Å². The summed E-state index contributed by atoms with van der Waals surface area (Å²) in [4.78, 5) is 22.9. The standard InChI is InChI=1S/C12H14BrNO3/c1-3-12(2,11(16)17)14-10(15)8-4-6-9(13)7-5-8/h4-7H,3H2,1-2H3,(H,14,15)(H,16,17). The summed E-state index contributed by atoms with van der Waals surface area (Å²) in [7, 11) is 0. The Morgan fingerprint density at radius 3 is 2.29 bits per heavy atom. The SMILES string of the molecule is CCC(C)(NC(=O)c1ccc(Br)cc1)C(=O)O. The lowest BCUT2D eigenvalue weighted by molar-refractivity contribution is -0.143. The third-order valence-corrected chi connectivity index (χ3v) is 3.20. The van der Waals surface area contributed by atoms with Crippen molar-refractivity contribution in [2.75, 3.05) is 0 Å². The van der Waals surface area contributed by atoms with E-state index >= 15 is 0 Å². The topological polar surface area (TPSA) is 66.4 Å². The normalized spacial score (nSPS) is 13.8. The smallest absolute Gasteiger partial charge is 0.329 e. The molecule has 0 heterocycles. The summed E-state index contributed by atoms with van der Waals surface area (Å²) in [6, 6.07) is 6.74. The molecular formula is C12H14BrNO3. The first-order valence-electron chi connectivity index (χ1n) is 5.20. The van der Waals surface area contributed by atoms with E-state index in [-0.39, 0.29) is 5.91 Å². The molecule has 0 saturated heterocycles. The van der Waals surface area contributed by atoms with Gasteiger partial charge in [-0.3, -0.25) is 4.79 Å². The zero-order valence-corrected chi connectivity index (χ0v) is 11.2. The lowest BCUT2D eigenvalue weighted by Crippen LogP contribution is -2.51. The Morgan fingerprint density at radius 2 is 1.88 bits per heavy atom. The Labute approximate surface area is 108 Å². The number of nitrogens with one attached hydrogen (secondary N) is 1. The molecule has 0 bridgehead atoms. The zero-order valence-electron chi connectivity index (χ0n) is 9.66. The molecule has 0 radical (unpaired) electrons. The molecule has 0 aliphatic carbocycles. The number of aliphatic carboxylic acids is 1. The third-order valence-electron chi connectivity index (χ3n) is 2.67. The maximum absolute atomic E-state index is 11.8. The van der Waals surface area contributed by atoms with Gasteiger partial charge in [0.1, 0.15) is 5.54 Å². The van der Waals surface area contributed by atoms with Gasteiger partial charge in [-0.1, -0.05) is 22.9 Å². The molecule has 0 spiro atoms. The van der Waals surface area contributed by atoms with Crippen LogP contribution in [0.3, 0.4) is 0 Å². The van der Waals surface area contributed by atoms with Gasteiger partial charge in [0.05, 0.1) is 0 Å². The van der Waals surface area contributed by atoms with Gasteiger partial charge in [-0.25, -0.2) is 4.79 Å². The van der Waals surface area contributed by atoms with Crippen LogP contribution in [0.5, 0.6) is 0 Å². The number of carbonyl (C=O) groups is 2. The number of rotatable bonds is 4. The molecule has 1 rings (SSSR count). The molecule has 1 amide bonds. The summed E-state index contributed by atoms with van der Waals surface area (Å²) in [5, 5.41) is 11.6. The van der Waals surface area contributed by atoms with Crippen LogP contribution in [0.4, 0.5) is 0 Å². The molecule has 1 unspecified atom stereocenters. The van der Waals surface area contributed by atoms with Crippen molar-refractivity contribution in [3.05, 3.63) is 34.3 Å². The molecule has 0 aromatic heterocycles. The Bertz CT molecular complexity index is 430. The summed E-state index contributed by atoms with van der Waals surface area (Å²) in [6.45, 7) is 3.21. The maximum Gasteiger partial charge on any atom is 0.329 e. The van der Waals surface area contributed by atoms with Gasteiger partial charge < -0.3 is 10.4 Å². The van der Waals surface area contributed by atoms with Crippen LogP contribution >= 0.6 is 15.9 Å². The number of carboxylic acid groups (broad SMARTS) is 1. The molecule has 1 atom stereocenters. The fraction of sp³-hybridized carbons (Fsp3) is 0.333. The maximum atomic E-state index is 11.8. The quantitative estimate of drug-likeness (QED) is 0.897. The molecule has 2 N–H and O–H groups in total. The van der Waals surface area contributed by atoms with Crippen LogP contribution in [0.2, 0.25) is 0 Å². The van der Waals surface area contributed by atoms with Crippen molar-refractivity contribution in [3.8, 4) is 0 Å². The van der Waals surface area contributed by atoms with Crippen LogP contribution < -0.4 is 5.32 Å². The minimum absolute atomic E-state index is 0.324. The fourth-order valence-corrected chi connectivity index (χ4v) is 1.48. The van der Waals surface area contributed by atoms with Crippen molar-refractivity contribution < 1.29 is 14.7 Å². The molecular weight excluding hydrogens is 286 g/mol. The van der Waals surface area contributed by atoms with Crippen molar-refractivity contribution in [3.63, 3.8) is 0 Å². The largest absolute Gasteiger partial charge is 0.480 e. The summed E-state index contributed by atoms with van der Waals surface area (Å²) in [5.74, 6) is -1.42. The second kappa shape index (κ2) is 5.31. The number of carbonyl (C=O) groups excluding carboxylic acids is 1. The summed E-state index contributed by atoms with van der Waals surface area (Å²) in [5.41, 5.74) is -0.793. The van der Waals surface area contributed by atoms with Crippen molar-refractivity contribution >= 4 is 27.8 Å². The number of carboxylic acids is 1. The van der Waals surface area contributed by atoms with Crippen molar-refractivity contribution in [2.24, 2.45) is 0 Å². The number of amides is 1. The first-order chi connectivity index (χ1) is 7.89. The van der Waals surface area contributed by atoms with Gasteiger partial charge in [0.15, 0.2) is 0 Å². The van der Waals surface area contributed by atoms with Gasteiger partial charge >= 0.3 is 5.97 Å². The summed E-state index contributed by atoms with van der Waals surface area (Å²) < 4.78 is 0.866. The van der Waals surface area contributed by atoms with Crippen LogP contribution in [0.25, 0.3) is 0 Å². The zero-order chi connectivity index (χ0) is 13.1. The Hall–Kier alpha value is -1.36. The van der Waals surface area contributed by atoms with Crippen molar-refractivity contribution in [1.29, 1.82) is 0 Å². The van der Waals surface area contributed by atoms with Gasteiger partial charge in [0.2, 0.25) is 0 Å². The molecule has 0 saturated carbocycles. The molecule has 0 aliphatic rings. The van der Waals surface area contributed by atoms with E-state index in [0.717, 1.165) is 4.47 Å². The number of halogens is 1. The molecule has 92 valence electrons. The molecule has 1 aromatic rings. The number of benzene rings is 1. The minimum Gasteiger partial charge on any atom is -0.480 e. The van der Waals surface area contributed by atoms with Gasteiger partial charge in [0.25, 0.3) is 5.91 Å². The van der Waals surface area contributed by atoms with E-state index < -0.39 is 11.5 Å². The van der Waals surface area contributed by atoms with E-state index in [9.17, 15) is 9.59 Å². The van der Waals surface area contributed by atoms with Crippen LogP contribution in [0.1, 0.15) is 30.6 Å². The van der Waals surface area contributed by atoms with Gasteiger partial charge in [-0.2, -0.15) is 0 Å². The van der Waals surface area contributed by atoms with E-state index in [1.54, 1.807) is 31.2 Å². The van der Waals surface area contributed by atoms with Gasteiger partial charge in [-0.05, 0) is 37.6 Å². The van der Waals surface area contributed by atoms with E-state index in [1.165, 1.54) is 6.92 Å². The van der Waals surface area contributed by atoms with Crippen LogP contribution in [-0.4, -0.2) is 22.5 Å².